The summed E-state index contributed by atoms with van der Waals surface area (Å²) in [6, 6.07) is 7.31. The molecule has 2 heterocycles. The Morgan fingerprint density at radius 3 is 2.12 bits per heavy atom. The van der Waals surface area contributed by atoms with Crippen LogP contribution >= 0.6 is 11.6 Å². The Hall–Kier alpha value is -1.43. The molecule has 0 N–H and O–H groups in total. The van der Waals surface area contributed by atoms with Gasteiger partial charge in [0, 0.05) is 37.2 Å². The third-order valence-corrected chi connectivity index (χ3v) is 6.34. The zero-order valence-electron chi connectivity index (χ0n) is 15.1. The quantitative estimate of drug-likeness (QED) is 0.762. The largest absolute Gasteiger partial charge is 0.298 e. The summed E-state index contributed by atoms with van der Waals surface area (Å²) in [4.78, 5) is 31.5. The summed E-state index contributed by atoms with van der Waals surface area (Å²) in [5.74, 6) is -0.208. The van der Waals surface area contributed by atoms with Crippen LogP contribution in [0, 0.1) is 0 Å². The van der Waals surface area contributed by atoms with Gasteiger partial charge in [-0.1, -0.05) is 30.9 Å². The third-order valence-electron chi connectivity index (χ3n) is 6.09. The summed E-state index contributed by atoms with van der Waals surface area (Å²) in [6.07, 6.45) is 6.96. The lowest BCUT2D eigenvalue weighted by Gasteiger charge is -2.42. The van der Waals surface area contributed by atoms with Gasteiger partial charge in [-0.25, -0.2) is 4.90 Å². The molecule has 140 valence electrons. The fraction of sp³-hybridized carbons (Fsp3) is 0.600. The second-order valence-corrected chi connectivity index (χ2v) is 8.06. The zero-order valence-corrected chi connectivity index (χ0v) is 15.8. The molecule has 1 saturated carbocycles. The number of benzene rings is 1. The average Bonchev–Trinajstić information content (AvgIpc) is 2.98. The van der Waals surface area contributed by atoms with Crippen molar-refractivity contribution in [2.24, 2.45) is 0 Å². The molecule has 3 aliphatic rings. The highest BCUT2D eigenvalue weighted by Gasteiger charge is 2.43. The molecular formula is C20H26ClN3O2. The van der Waals surface area contributed by atoms with Crippen LogP contribution in [0.5, 0.6) is 0 Å². The molecule has 0 bridgehead atoms. The van der Waals surface area contributed by atoms with Crippen LogP contribution in [0.4, 0.5) is 5.69 Å². The Labute approximate surface area is 159 Å². The first-order valence-corrected chi connectivity index (χ1v) is 10.1. The number of rotatable bonds is 3. The van der Waals surface area contributed by atoms with Gasteiger partial charge in [0.05, 0.1) is 18.2 Å². The molecule has 0 radical (unpaired) electrons. The molecule has 3 fully saturated rings. The Morgan fingerprint density at radius 1 is 0.846 bits per heavy atom. The Kier molecular flexibility index (Phi) is 5.30. The molecule has 0 spiro atoms. The first-order valence-electron chi connectivity index (χ1n) is 9.74. The Bertz CT molecular complexity index is 664. The van der Waals surface area contributed by atoms with Gasteiger partial charge in [-0.2, -0.15) is 0 Å². The molecular weight excluding hydrogens is 350 g/mol. The van der Waals surface area contributed by atoms with Gasteiger partial charge < -0.3 is 0 Å². The van der Waals surface area contributed by atoms with Crippen molar-refractivity contribution in [3.8, 4) is 0 Å². The van der Waals surface area contributed by atoms with E-state index in [1.807, 2.05) is 0 Å². The fourth-order valence-electron chi connectivity index (χ4n) is 4.62. The van der Waals surface area contributed by atoms with E-state index in [0.717, 1.165) is 32.2 Å². The summed E-state index contributed by atoms with van der Waals surface area (Å²) in [6.45, 7) is 3.75. The maximum Gasteiger partial charge on any atom is 0.251 e. The molecule has 1 aliphatic carbocycles. The molecule has 4 rings (SSSR count). The van der Waals surface area contributed by atoms with E-state index in [1.165, 1.54) is 37.0 Å². The maximum absolute atomic E-state index is 12.9. The standard InChI is InChI=1S/C20H26ClN3O2/c21-15-6-8-17(9-7-15)24-19(25)14-18(20(24)26)23-12-10-22(11-13-23)16-4-2-1-3-5-16/h6-9,16,18H,1-5,10-14H2. The predicted octanol–water partition coefficient (Wildman–Crippen LogP) is 2.92. The van der Waals surface area contributed by atoms with E-state index in [-0.39, 0.29) is 24.3 Å². The highest BCUT2D eigenvalue weighted by molar-refractivity contribution is 6.30. The highest BCUT2D eigenvalue weighted by Crippen LogP contribution is 2.28. The van der Waals surface area contributed by atoms with Crippen LogP contribution in [0.15, 0.2) is 24.3 Å². The van der Waals surface area contributed by atoms with Gasteiger partial charge in [-0.15, -0.1) is 0 Å². The lowest BCUT2D eigenvalue weighted by Crippen LogP contribution is -2.55. The molecule has 1 aromatic carbocycles. The molecule has 5 nitrogen and oxygen atoms in total. The van der Waals surface area contributed by atoms with Crippen molar-refractivity contribution in [2.45, 2.75) is 50.6 Å². The number of carbonyl (C=O) groups excluding carboxylic acids is 2. The van der Waals surface area contributed by atoms with Crippen molar-refractivity contribution in [1.82, 2.24) is 9.80 Å². The Balaban J connectivity index is 1.39. The van der Waals surface area contributed by atoms with Crippen molar-refractivity contribution >= 4 is 29.1 Å². The number of nitrogens with zero attached hydrogens (tertiary/aromatic N) is 3. The van der Waals surface area contributed by atoms with Gasteiger partial charge in [-0.05, 0) is 37.1 Å². The lowest BCUT2D eigenvalue weighted by molar-refractivity contribution is -0.123. The van der Waals surface area contributed by atoms with Gasteiger partial charge >= 0.3 is 0 Å². The molecule has 2 saturated heterocycles. The summed E-state index contributed by atoms with van der Waals surface area (Å²) < 4.78 is 0. The van der Waals surface area contributed by atoms with Crippen LogP contribution in [0.25, 0.3) is 0 Å². The maximum atomic E-state index is 12.9. The molecule has 1 atom stereocenters. The van der Waals surface area contributed by atoms with Crippen LogP contribution in [0.3, 0.4) is 0 Å². The fourth-order valence-corrected chi connectivity index (χ4v) is 4.75. The molecule has 1 aromatic rings. The smallest absolute Gasteiger partial charge is 0.251 e. The van der Waals surface area contributed by atoms with Gasteiger partial charge in [0.15, 0.2) is 0 Å². The van der Waals surface area contributed by atoms with E-state index in [1.54, 1.807) is 24.3 Å². The number of piperazine rings is 1. The van der Waals surface area contributed by atoms with E-state index in [4.69, 9.17) is 11.6 Å². The normalized spacial score (nSPS) is 26.7. The van der Waals surface area contributed by atoms with E-state index in [2.05, 4.69) is 9.80 Å². The van der Waals surface area contributed by atoms with Gasteiger partial charge in [0.1, 0.15) is 0 Å². The third kappa shape index (κ3) is 3.53. The predicted molar refractivity (Wildman–Crippen MR) is 102 cm³/mol. The van der Waals surface area contributed by atoms with Crippen LogP contribution in [-0.4, -0.2) is 59.9 Å². The number of hydrogen-bond donors (Lipinski definition) is 0. The zero-order chi connectivity index (χ0) is 18.1. The summed E-state index contributed by atoms with van der Waals surface area (Å²) in [5.41, 5.74) is 0.618. The van der Waals surface area contributed by atoms with Crippen LogP contribution < -0.4 is 4.90 Å². The van der Waals surface area contributed by atoms with Gasteiger partial charge in [0.25, 0.3) is 5.91 Å². The minimum Gasteiger partial charge on any atom is -0.298 e. The van der Waals surface area contributed by atoms with Gasteiger partial charge in [-0.3, -0.25) is 19.4 Å². The highest BCUT2D eigenvalue weighted by atomic mass is 35.5. The summed E-state index contributed by atoms with van der Waals surface area (Å²) in [5, 5.41) is 0.600. The second-order valence-electron chi connectivity index (χ2n) is 7.63. The minimum absolute atomic E-state index is 0.0940. The van der Waals surface area contributed by atoms with E-state index in [0.29, 0.717) is 10.7 Å². The second kappa shape index (κ2) is 7.67. The minimum atomic E-state index is -0.313. The number of anilines is 1. The first-order chi connectivity index (χ1) is 12.6. The molecule has 26 heavy (non-hydrogen) atoms. The van der Waals surface area contributed by atoms with Crippen molar-refractivity contribution < 1.29 is 9.59 Å². The molecule has 1 unspecified atom stereocenters. The van der Waals surface area contributed by atoms with E-state index < -0.39 is 0 Å². The number of halogens is 1. The van der Waals surface area contributed by atoms with Gasteiger partial charge in [0.2, 0.25) is 5.91 Å². The molecule has 2 aliphatic heterocycles. The summed E-state index contributed by atoms with van der Waals surface area (Å²) in [7, 11) is 0. The van der Waals surface area contributed by atoms with Crippen LogP contribution in [-0.2, 0) is 9.59 Å². The van der Waals surface area contributed by atoms with E-state index in [9.17, 15) is 9.59 Å². The number of amides is 2. The number of imide groups is 1. The number of carbonyl (C=O) groups is 2. The van der Waals surface area contributed by atoms with Crippen molar-refractivity contribution in [3.63, 3.8) is 0 Å². The number of hydrogen-bond acceptors (Lipinski definition) is 4. The van der Waals surface area contributed by atoms with E-state index >= 15 is 0 Å². The van der Waals surface area contributed by atoms with Crippen LogP contribution in [0.1, 0.15) is 38.5 Å². The van der Waals surface area contributed by atoms with Crippen molar-refractivity contribution in [2.75, 3.05) is 31.1 Å². The SMILES string of the molecule is O=C1CC(N2CCN(C3CCCCC3)CC2)C(=O)N1c1ccc(Cl)cc1. The molecule has 6 heteroatoms. The van der Waals surface area contributed by atoms with Crippen LogP contribution in [0.2, 0.25) is 5.02 Å². The average molecular weight is 376 g/mol. The first kappa shape index (κ1) is 18.0. The molecule has 0 aromatic heterocycles. The Morgan fingerprint density at radius 2 is 1.46 bits per heavy atom. The molecule has 2 amide bonds. The van der Waals surface area contributed by atoms with Crippen molar-refractivity contribution in [1.29, 1.82) is 0 Å². The topological polar surface area (TPSA) is 43.9 Å². The van der Waals surface area contributed by atoms with Crippen molar-refractivity contribution in [3.05, 3.63) is 29.3 Å². The summed E-state index contributed by atoms with van der Waals surface area (Å²) >= 11 is 5.92. The monoisotopic (exact) mass is 375 g/mol. The lowest BCUT2D eigenvalue weighted by atomic mass is 9.93.